The van der Waals surface area contributed by atoms with Gasteiger partial charge in [-0.1, -0.05) is 18.2 Å². The molecule has 0 spiro atoms. The van der Waals surface area contributed by atoms with Gasteiger partial charge in [-0.3, -0.25) is 0 Å². The largest absolute Gasteiger partial charge is 0.502 e. The summed E-state index contributed by atoms with van der Waals surface area (Å²) in [6.07, 6.45) is -1.68. The quantitative estimate of drug-likeness (QED) is 0.489. The summed E-state index contributed by atoms with van der Waals surface area (Å²) in [5.41, 5.74) is -0.299. The number of pyridine rings is 2. The zero-order valence-corrected chi connectivity index (χ0v) is 9.65. The Morgan fingerprint density at radius 2 is 1.68 bits per heavy atom. The van der Waals surface area contributed by atoms with E-state index in [9.17, 15) is 18.3 Å². The maximum atomic E-state index is 12.7. The molecular weight excluding hydrogens is 255 g/mol. The average molecular weight is 264 g/mol. The van der Waals surface area contributed by atoms with Crippen LogP contribution in [0, 0.1) is 0 Å². The number of fused-ring (bicyclic) bond motifs is 3. The van der Waals surface area contributed by atoms with Crippen molar-refractivity contribution in [3.63, 3.8) is 0 Å². The smallest absolute Gasteiger partial charge is 0.416 e. The second kappa shape index (κ2) is 3.85. The number of aromatic hydroxyl groups is 1. The number of benzene rings is 1. The van der Waals surface area contributed by atoms with Crippen molar-refractivity contribution in [3.05, 3.63) is 54.4 Å². The van der Waals surface area contributed by atoms with Gasteiger partial charge < -0.3 is 5.11 Å². The lowest BCUT2D eigenvalue weighted by Crippen LogP contribution is -2.22. The monoisotopic (exact) mass is 264 g/mol. The molecule has 2 aromatic heterocycles. The van der Waals surface area contributed by atoms with Crippen LogP contribution in [0.3, 0.4) is 0 Å². The van der Waals surface area contributed by atoms with Crippen LogP contribution in [0.2, 0.25) is 0 Å². The van der Waals surface area contributed by atoms with Crippen LogP contribution in [0.4, 0.5) is 13.2 Å². The first kappa shape index (κ1) is 11.8. The molecule has 0 fully saturated rings. The van der Waals surface area contributed by atoms with E-state index in [1.165, 1.54) is 16.8 Å². The molecule has 1 N–H and O–H groups in total. The van der Waals surface area contributed by atoms with Gasteiger partial charge >= 0.3 is 6.18 Å². The number of aromatic nitrogens is 1. The van der Waals surface area contributed by atoms with E-state index >= 15 is 0 Å². The van der Waals surface area contributed by atoms with Crippen LogP contribution in [0.5, 0.6) is 5.75 Å². The molecule has 2 heterocycles. The third-order valence-electron chi connectivity index (χ3n) is 3.05. The van der Waals surface area contributed by atoms with Crippen LogP contribution in [0.25, 0.3) is 16.3 Å². The lowest BCUT2D eigenvalue weighted by Gasteiger charge is -2.06. The van der Waals surface area contributed by atoms with E-state index in [1.54, 1.807) is 24.3 Å². The predicted molar refractivity (Wildman–Crippen MR) is 63.8 cm³/mol. The number of rotatable bonds is 0. The Balaban J connectivity index is 2.44. The van der Waals surface area contributed by atoms with Gasteiger partial charge in [0.25, 0.3) is 0 Å². The molecule has 0 saturated carbocycles. The number of hydrogen-bond donors (Lipinski definition) is 1. The zero-order valence-electron chi connectivity index (χ0n) is 9.65. The Bertz CT molecular complexity index is 781. The van der Waals surface area contributed by atoms with E-state index in [0.29, 0.717) is 16.3 Å². The highest BCUT2D eigenvalue weighted by atomic mass is 19.4. The summed E-state index contributed by atoms with van der Waals surface area (Å²) in [4.78, 5) is 0. The minimum absolute atomic E-state index is 0.0351. The molecule has 19 heavy (non-hydrogen) atoms. The third kappa shape index (κ3) is 1.87. The van der Waals surface area contributed by atoms with E-state index in [-0.39, 0.29) is 5.75 Å². The summed E-state index contributed by atoms with van der Waals surface area (Å²) in [6, 6.07) is 8.88. The standard InChI is InChI=1S/C14H8F3NO/c15-14(16,17)9-5-6-18-8-13(19)11-4-2-1-3-10(11)12(18)7-9/h1-8H/p+1. The van der Waals surface area contributed by atoms with Crippen LogP contribution in [-0.2, 0) is 6.18 Å². The second-order valence-electron chi connectivity index (χ2n) is 4.27. The van der Waals surface area contributed by atoms with Crippen molar-refractivity contribution in [2.45, 2.75) is 6.18 Å². The second-order valence-corrected chi connectivity index (χ2v) is 4.27. The van der Waals surface area contributed by atoms with Crippen LogP contribution in [0.15, 0.2) is 48.8 Å². The number of alkyl halides is 3. The number of halogens is 3. The normalized spacial score (nSPS) is 12.2. The summed E-state index contributed by atoms with van der Waals surface area (Å²) in [6.45, 7) is 0. The van der Waals surface area contributed by atoms with Crippen LogP contribution in [0.1, 0.15) is 5.56 Å². The molecule has 3 aromatic rings. The molecular formula is C14H9F3NO+. The van der Waals surface area contributed by atoms with Crippen LogP contribution < -0.4 is 4.40 Å². The van der Waals surface area contributed by atoms with Crippen molar-refractivity contribution in [2.75, 3.05) is 0 Å². The first-order valence-electron chi connectivity index (χ1n) is 5.60. The molecule has 0 bridgehead atoms. The topological polar surface area (TPSA) is 24.3 Å². The minimum atomic E-state index is -4.38. The summed E-state index contributed by atoms with van der Waals surface area (Å²) < 4.78 is 39.7. The highest BCUT2D eigenvalue weighted by Crippen LogP contribution is 2.31. The van der Waals surface area contributed by atoms with Crippen LogP contribution in [-0.4, -0.2) is 5.11 Å². The molecule has 0 radical (unpaired) electrons. The Labute approximate surface area is 106 Å². The number of hydrogen-bond acceptors (Lipinski definition) is 1. The summed E-state index contributed by atoms with van der Waals surface area (Å²) in [5.74, 6) is 0.0351. The van der Waals surface area contributed by atoms with Gasteiger partial charge in [0, 0.05) is 17.5 Å². The van der Waals surface area contributed by atoms with Gasteiger partial charge in [0.05, 0.1) is 10.9 Å². The van der Waals surface area contributed by atoms with Gasteiger partial charge in [-0.15, -0.1) is 0 Å². The number of nitrogens with zero attached hydrogens (tertiary/aromatic N) is 1. The Morgan fingerprint density at radius 1 is 1.00 bits per heavy atom. The minimum Gasteiger partial charge on any atom is -0.502 e. The summed E-state index contributed by atoms with van der Waals surface area (Å²) >= 11 is 0. The van der Waals surface area contributed by atoms with Crippen LogP contribution >= 0.6 is 0 Å². The van der Waals surface area contributed by atoms with Gasteiger partial charge in [-0.05, 0) is 6.07 Å². The molecule has 96 valence electrons. The van der Waals surface area contributed by atoms with Gasteiger partial charge in [0.2, 0.25) is 11.7 Å². The highest BCUT2D eigenvalue weighted by molar-refractivity contribution is 5.97. The fourth-order valence-electron chi connectivity index (χ4n) is 2.15. The fraction of sp³-hybridized carbons (Fsp3) is 0.0714. The Morgan fingerprint density at radius 3 is 2.37 bits per heavy atom. The van der Waals surface area contributed by atoms with Gasteiger partial charge in [-0.25, -0.2) is 0 Å². The van der Waals surface area contributed by atoms with Gasteiger partial charge in [0.1, 0.15) is 0 Å². The molecule has 0 aliphatic carbocycles. The first-order valence-corrected chi connectivity index (χ1v) is 5.60. The third-order valence-corrected chi connectivity index (χ3v) is 3.05. The zero-order chi connectivity index (χ0) is 13.6. The summed E-state index contributed by atoms with van der Waals surface area (Å²) in [5, 5.41) is 11.0. The molecule has 1 aromatic carbocycles. The maximum Gasteiger partial charge on any atom is 0.416 e. The first-order chi connectivity index (χ1) is 8.97. The molecule has 2 nitrogen and oxygen atoms in total. The maximum absolute atomic E-state index is 12.7. The van der Waals surface area contributed by atoms with Crippen molar-refractivity contribution in [3.8, 4) is 5.75 Å². The van der Waals surface area contributed by atoms with E-state index in [1.807, 2.05) is 0 Å². The molecule has 0 aliphatic heterocycles. The fourth-order valence-corrected chi connectivity index (χ4v) is 2.15. The van der Waals surface area contributed by atoms with Gasteiger partial charge in [-0.2, -0.15) is 17.6 Å². The van der Waals surface area contributed by atoms with Crippen molar-refractivity contribution < 1.29 is 22.7 Å². The van der Waals surface area contributed by atoms with E-state index in [4.69, 9.17) is 0 Å². The van der Waals surface area contributed by atoms with E-state index < -0.39 is 11.7 Å². The SMILES string of the molecule is Oc1c[n+]2ccc(C(F)(F)F)cc2c2ccccc12. The molecule has 0 amide bonds. The van der Waals surface area contributed by atoms with Gasteiger partial charge in [0.15, 0.2) is 11.9 Å². The molecule has 3 rings (SSSR count). The van der Waals surface area contributed by atoms with E-state index in [0.717, 1.165) is 12.1 Å². The Kier molecular flexibility index (Phi) is 2.38. The van der Waals surface area contributed by atoms with Crippen molar-refractivity contribution >= 4 is 16.3 Å². The van der Waals surface area contributed by atoms with Crippen molar-refractivity contribution in [2.24, 2.45) is 0 Å². The molecule has 0 unspecified atom stereocenters. The van der Waals surface area contributed by atoms with E-state index in [2.05, 4.69) is 0 Å². The summed E-state index contributed by atoms with van der Waals surface area (Å²) in [7, 11) is 0. The van der Waals surface area contributed by atoms with Crippen molar-refractivity contribution in [1.82, 2.24) is 0 Å². The highest BCUT2D eigenvalue weighted by Gasteiger charge is 2.32. The molecule has 0 aliphatic rings. The molecule has 5 heteroatoms. The lowest BCUT2D eigenvalue weighted by molar-refractivity contribution is -0.511. The van der Waals surface area contributed by atoms with Crippen molar-refractivity contribution in [1.29, 1.82) is 0 Å². The predicted octanol–water partition coefficient (Wildman–Crippen LogP) is 3.30. The Hall–Kier alpha value is -2.30. The molecule has 0 saturated heterocycles. The average Bonchev–Trinajstić information content (AvgIpc) is 2.37. The molecule has 0 atom stereocenters. The lowest BCUT2D eigenvalue weighted by atomic mass is 10.1.